The fraction of sp³-hybridized carbons (Fsp3) is 0.407. The van der Waals surface area contributed by atoms with Crippen LogP contribution in [0.1, 0.15) is 43.7 Å². The maximum Gasteiger partial charge on any atom is 0.407 e. The Morgan fingerprint density at radius 3 is 2.48 bits per heavy atom. The highest BCUT2D eigenvalue weighted by Crippen LogP contribution is 2.40. The molecular formula is C27H34N2O4. The molecule has 1 fully saturated rings. The highest BCUT2D eigenvalue weighted by Gasteiger charge is 2.38. The highest BCUT2D eigenvalue weighted by molar-refractivity contribution is 5.69. The molecule has 0 bridgehead atoms. The second-order valence-corrected chi connectivity index (χ2v) is 8.58. The van der Waals surface area contributed by atoms with E-state index in [-0.39, 0.29) is 24.2 Å². The van der Waals surface area contributed by atoms with Gasteiger partial charge in [0.15, 0.2) is 0 Å². The van der Waals surface area contributed by atoms with E-state index >= 15 is 0 Å². The van der Waals surface area contributed by atoms with Crippen LogP contribution in [0.5, 0.6) is 5.75 Å². The van der Waals surface area contributed by atoms with Crippen LogP contribution in [0.3, 0.4) is 0 Å². The maximum atomic E-state index is 12.1. The summed E-state index contributed by atoms with van der Waals surface area (Å²) >= 11 is 0. The van der Waals surface area contributed by atoms with E-state index in [2.05, 4.69) is 47.2 Å². The van der Waals surface area contributed by atoms with Crippen molar-refractivity contribution in [3.05, 3.63) is 78.0 Å². The third kappa shape index (κ3) is 6.19. The molecule has 2 aromatic rings. The summed E-state index contributed by atoms with van der Waals surface area (Å²) in [6.07, 6.45) is 2.65. The normalized spacial score (nSPS) is 20.8. The van der Waals surface area contributed by atoms with Crippen molar-refractivity contribution < 1.29 is 19.4 Å². The predicted octanol–water partition coefficient (Wildman–Crippen LogP) is 4.40. The SMILES string of the molecule is C=C=C(NCC1(c2ccccc2)CCC(OC(=O)NC(C)CO)CC1)c1ccccc1OC. The third-order valence-electron chi connectivity index (χ3n) is 6.34. The van der Waals surface area contributed by atoms with Crippen LogP contribution < -0.4 is 15.4 Å². The summed E-state index contributed by atoms with van der Waals surface area (Å²) in [5.41, 5.74) is 5.91. The molecule has 6 heteroatoms. The molecular weight excluding hydrogens is 416 g/mol. The number of methoxy groups -OCH3 is 1. The molecule has 3 rings (SSSR count). The number of para-hydroxylation sites is 1. The van der Waals surface area contributed by atoms with Gasteiger partial charge in [0.1, 0.15) is 11.9 Å². The van der Waals surface area contributed by atoms with E-state index < -0.39 is 6.09 Å². The van der Waals surface area contributed by atoms with E-state index in [1.54, 1.807) is 14.0 Å². The number of aliphatic hydroxyl groups excluding tert-OH is 1. The molecule has 176 valence electrons. The molecule has 0 aliphatic heterocycles. The van der Waals surface area contributed by atoms with Crippen LogP contribution in [-0.2, 0) is 10.2 Å². The van der Waals surface area contributed by atoms with E-state index in [9.17, 15) is 4.79 Å². The molecule has 3 N–H and O–H groups in total. The lowest BCUT2D eigenvalue weighted by molar-refractivity contribution is 0.0543. The summed E-state index contributed by atoms with van der Waals surface area (Å²) in [5, 5.41) is 15.4. The number of carbonyl (C=O) groups excluding carboxylic acids is 1. The Labute approximate surface area is 196 Å². The number of aliphatic hydroxyl groups is 1. The molecule has 6 nitrogen and oxygen atoms in total. The number of hydrogen-bond acceptors (Lipinski definition) is 5. The Balaban J connectivity index is 1.73. The van der Waals surface area contributed by atoms with Crippen LogP contribution >= 0.6 is 0 Å². The van der Waals surface area contributed by atoms with E-state index in [1.807, 2.05) is 30.3 Å². The van der Waals surface area contributed by atoms with Gasteiger partial charge in [0.05, 0.1) is 25.5 Å². The molecule has 1 aliphatic carbocycles. The molecule has 0 aromatic heterocycles. The lowest BCUT2D eigenvalue weighted by Gasteiger charge is -2.41. The van der Waals surface area contributed by atoms with Gasteiger partial charge in [-0.1, -0.05) is 49.0 Å². The average molecular weight is 451 g/mol. The van der Waals surface area contributed by atoms with E-state index in [1.165, 1.54) is 5.56 Å². The molecule has 1 aliphatic rings. The van der Waals surface area contributed by atoms with Crippen LogP contribution in [0.15, 0.2) is 66.9 Å². The fourth-order valence-corrected chi connectivity index (χ4v) is 4.41. The van der Waals surface area contributed by atoms with Gasteiger partial charge < -0.3 is 25.2 Å². The zero-order valence-electron chi connectivity index (χ0n) is 19.5. The summed E-state index contributed by atoms with van der Waals surface area (Å²) < 4.78 is 11.1. The van der Waals surface area contributed by atoms with Gasteiger partial charge in [-0.05, 0) is 50.3 Å². The molecule has 0 spiro atoms. The van der Waals surface area contributed by atoms with Crippen molar-refractivity contribution >= 4 is 11.8 Å². The monoisotopic (exact) mass is 450 g/mol. The number of ether oxygens (including phenoxy) is 2. The van der Waals surface area contributed by atoms with E-state index in [4.69, 9.17) is 14.6 Å². The van der Waals surface area contributed by atoms with Crippen LogP contribution in [0, 0.1) is 0 Å². The molecule has 1 atom stereocenters. The van der Waals surface area contributed by atoms with E-state index in [0.29, 0.717) is 6.54 Å². The molecule has 0 radical (unpaired) electrons. The Hall–Kier alpha value is -3.21. The molecule has 0 saturated heterocycles. The first-order chi connectivity index (χ1) is 16.0. The van der Waals surface area contributed by atoms with Crippen molar-refractivity contribution in [3.8, 4) is 5.75 Å². The first kappa shape index (κ1) is 24.4. The number of hydrogen-bond donors (Lipinski definition) is 3. The van der Waals surface area contributed by atoms with Gasteiger partial charge in [-0.3, -0.25) is 0 Å². The van der Waals surface area contributed by atoms with Crippen LogP contribution in [0.4, 0.5) is 4.79 Å². The van der Waals surface area contributed by atoms with Crippen molar-refractivity contribution in [2.75, 3.05) is 20.3 Å². The van der Waals surface area contributed by atoms with Crippen LogP contribution in [-0.4, -0.2) is 43.6 Å². The largest absolute Gasteiger partial charge is 0.496 e. The predicted molar refractivity (Wildman–Crippen MR) is 130 cm³/mol. The summed E-state index contributed by atoms with van der Waals surface area (Å²) in [7, 11) is 1.66. The van der Waals surface area contributed by atoms with Gasteiger partial charge in [0.25, 0.3) is 0 Å². The first-order valence-corrected chi connectivity index (χ1v) is 11.4. The smallest absolute Gasteiger partial charge is 0.407 e. The molecule has 1 saturated carbocycles. The van der Waals surface area contributed by atoms with Gasteiger partial charge in [0.2, 0.25) is 0 Å². The molecule has 0 heterocycles. The summed E-state index contributed by atoms with van der Waals surface area (Å²) in [6, 6.07) is 18.0. The summed E-state index contributed by atoms with van der Waals surface area (Å²) in [5.74, 6) is 0.769. The Morgan fingerprint density at radius 2 is 1.85 bits per heavy atom. The molecule has 1 unspecified atom stereocenters. The quantitative estimate of drug-likeness (QED) is 0.494. The Kier molecular flexibility index (Phi) is 8.58. The molecule has 33 heavy (non-hydrogen) atoms. The number of benzene rings is 2. The minimum atomic E-state index is -0.472. The first-order valence-electron chi connectivity index (χ1n) is 11.4. The van der Waals surface area contributed by atoms with Gasteiger partial charge in [-0.2, -0.15) is 0 Å². The Bertz CT molecular complexity index is 961. The average Bonchev–Trinajstić information content (AvgIpc) is 2.86. The molecule has 2 aromatic carbocycles. The zero-order valence-corrected chi connectivity index (χ0v) is 19.5. The van der Waals surface area contributed by atoms with Crippen molar-refractivity contribution in [2.45, 2.75) is 50.2 Å². The number of rotatable bonds is 9. The second-order valence-electron chi connectivity index (χ2n) is 8.58. The maximum absolute atomic E-state index is 12.1. The summed E-state index contributed by atoms with van der Waals surface area (Å²) in [4.78, 5) is 12.1. The standard InChI is InChI=1S/C27H34N2O4/c1-4-24(23-12-8-9-13-25(23)32-3)28-19-27(21-10-6-5-7-11-21)16-14-22(15-17-27)33-26(31)29-20(2)18-30/h5-13,20,22,28,30H,1,14-19H2,2-3H3,(H,29,31). The van der Waals surface area contributed by atoms with Crippen LogP contribution in [0.2, 0.25) is 0 Å². The zero-order chi connectivity index (χ0) is 23.7. The van der Waals surface area contributed by atoms with Gasteiger partial charge in [0, 0.05) is 17.5 Å². The fourth-order valence-electron chi connectivity index (χ4n) is 4.41. The number of alkyl carbamates (subject to hydrolysis) is 1. The Morgan fingerprint density at radius 1 is 1.18 bits per heavy atom. The van der Waals surface area contributed by atoms with Gasteiger partial charge in [-0.15, -0.1) is 5.73 Å². The number of nitrogens with one attached hydrogen (secondary N) is 2. The summed E-state index contributed by atoms with van der Waals surface area (Å²) in [6.45, 7) is 6.21. The lowest BCUT2D eigenvalue weighted by atomic mass is 9.68. The van der Waals surface area contributed by atoms with Crippen molar-refractivity contribution in [2.24, 2.45) is 0 Å². The second kappa shape index (κ2) is 11.6. The van der Waals surface area contributed by atoms with Gasteiger partial charge >= 0.3 is 6.09 Å². The topological polar surface area (TPSA) is 79.8 Å². The van der Waals surface area contributed by atoms with Gasteiger partial charge in [-0.25, -0.2) is 4.79 Å². The van der Waals surface area contributed by atoms with Crippen LogP contribution in [0.25, 0.3) is 5.70 Å². The van der Waals surface area contributed by atoms with E-state index in [0.717, 1.165) is 42.7 Å². The third-order valence-corrected chi connectivity index (χ3v) is 6.34. The van der Waals surface area contributed by atoms with Crippen molar-refractivity contribution in [1.29, 1.82) is 0 Å². The minimum Gasteiger partial charge on any atom is -0.496 e. The lowest BCUT2D eigenvalue weighted by Crippen LogP contribution is -2.44. The number of carbonyl (C=O) groups is 1. The van der Waals surface area contributed by atoms with Crippen molar-refractivity contribution in [3.63, 3.8) is 0 Å². The van der Waals surface area contributed by atoms with Crippen molar-refractivity contribution in [1.82, 2.24) is 10.6 Å². The minimum absolute atomic E-state index is 0.111. The molecule has 1 amide bonds. The number of amides is 1. The highest BCUT2D eigenvalue weighted by atomic mass is 16.6.